The molecule has 1 aromatic heterocycles. The van der Waals surface area contributed by atoms with E-state index in [1.807, 2.05) is 41.9 Å². The highest BCUT2D eigenvalue weighted by molar-refractivity contribution is 7.16. The van der Waals surface area contributed by atoms with Gasteiger partial charge in [-0.25, -0.2) is 4.98 Å². The molecule has 0 amide bonds. The molecule has 0 bridgehead atoms. The Morgan fingerprint density at radius 2 is 1.91 bits per heavy atom. The molecule has 5 heteroatoms. The van der Waals surface area contributed by atoms with Crippen LogP contribution in [0.1, 0.15) is 17.5 Å². The Hall–Kier alpha value is -2.40. The number of hydrogen-bond acceptors (Lipinski definition) is 4. The lowest BCUT2D eigenvalue weighted by molar-refractivity contribution is -0.136. The predicted octanol–water partition coefficient (Wildman–Crippen LogP) is 3.89. The van der Waals surface area contributed by atoms with Crippen LogP contribution in [-0.4, -0.2) is 16.1 Å². The molecular formula is C17H15NO3S. The minimum Gasteiger partial charge on any atom is -0.489 e. The van der Waals surface area contributed by atoms with Gasteiger partial charge in [0.05, 0.1) is 15.7 Å². The molecule has 1 N–H and O–H groups in total. The van der Waals surface area contributed by atoms with Crippen molar-refractivity contribution in [1.82, 2.24) is 4.98 Å². The van der Waals surface area contributed by atoms with E-state index in [9.17, 15) is 4.79 Å². The van der Waals surface area contributed by atoms with Crippen molar-refractivity contribution in [3.8, 4) is 5.75 Å². The first-order chi connectivity index (χ1) is 10.7. The Balaban J connectivity index is 1.59. The number of nitrogens with zero attached hydrogens (tertiary/aromatic N) is 1. The molecule has 3 rings (SSSR count). The zero-order chi connectivity index (χ0) is 15.4. The summed E-state index contributed by atoms with van der Waals surface area (Å²) in [5.41, 5.74) is 4.95. The fourth-order valence-corrected chi connectivity index (χ4v) is 2.90. The van der Waals surface area contributed by atoms with Crippen LogP contribution in [-0.2, 0) is 17.8 Å². The summed E-state index contributed by atoms with van der Waals surface area (Å²) in [5.74, 6) is 0.00209. The van der Waals surface area contributed by atoms with Crippen molar-refractivity contribution in [2.45, 2.75) is 19.4 Å². The van der Waals surface area contributed by atoms with Gasteiger partial charge in [-0.1, -0.05) is 18.2 Å². The number of aryl methyl sites for hydroxylation is 1. The third-order valence-corrected chi connectivity index (χ3v) is 4.14. The van der Waals surface area contributed by atoms with Crippen LogP contribution in [0.15, 0.2) is 48.0 Å². The van der Waals surface area contributed by atoms with Gasteiger partial charge in [-0.2, -0.15) is 0 Å². The van der Waals surface area contributed by atoms with Crippen LogP contribution in [0, 0.1) is 0 Å². The van der Waals surface area contributed by atoms with E-state index < -0.39 is 5.97 Å². The third kappa shape index (κ3) is 3.62. The standard InChI is InChI=1S/C17H15NO3S/c19-17(20)8-4-12-1-5-14(6-2-12)21-10-13-3-7-15-16(9-13)22-11-18-15/h1-3,5-7,9,11H,4,8,10H2,(H,19,20). The number of carboxylic acids is 1. The van der Waals surface area contributed by atoms with Gasteiger partial charge in [0.25, 0.3) is 0 Å². The summed E-state index contributed by atoms with van der Waals surface area (Å²) in [6.45, 7) is 0.502. The first-order valence-electron chi connectivity index (χ1n) is 6.96. The van der Waals surface area contributed by atoms with Crippen LogP contribution >= 0.6 is 11.3 Å². The molecule has 0 aliphatic carbocycles. The Morgan fingerprint density at radius 3 is 2.68 bits per heavy atom. The molecule has 0 aliphatic rings. The lowest BCUT2D eigenvalue weighted by atomic mass is 10.1. The molecule has 0 saturated heterocycles. The summed E-state index contributed by atoms with van der Waals surface area (Å²) >= 11 is 1.62. The topological polar surface area (TPSA) is 59.4 Å². The van der Waals surface area contributed by atoms with Gasteiger partial charge in [0.1, 0.15) is 12.4 Å². The maximum absolute atomic E-state index is 10.5. The van der Waals surface area contributed by atoms with Gasteiger partial charge in [-0.15, -0.1) is 11.3 Å². The van der Waals surface area contributed by atoms with Crippen molar-refractivity contribution < 1.29 is 14.6 Å². The van der Waals surface area contributed by atoms with Crippen molar-refractivity contribution in [3.63, 3.8) is 0 Å². The zero-order valence-corrected chi connectivity index (χ0v) is 12.7. The van der Waals surface area contributed by atoms with Crippen LogP contribution in [0.25, 0.3) is 10.2 Å². The van der Waals surface area contributed by atoms with Crippen LogP contribution in [0.3, 0.4) is 0 Å². The minimum absolute atomic E-state index is 0.148. The highest BCUT2D eigenvalue weighted by atomic mass is 32.1. The van der Waals surface area contributed by atoms with Gasteiger partial charge in [-0.3, -0.25) is 4.79 Å². The molecule has 0 atom stereocenters. The van der Waals surface area contributed by atoms with E-state index in [4.69, 9.17) is 9.84 Å². The van der Waals surface area contributed by atoms with Crippen LogP contribution in [0.4, 0.5) is 0 Å². The fourth-order valence-electron chi connectivity index (χ4n) is 2.16. The number of carbonyl (C=O) groups is 1. The van der Waals surface area contributed by atoms with Crippen molar-refractivity contribution in [3.05, 3.63) is 59.1 Å². The SMILES string of the molecule is O=C(O)CCc1ccc(OCc2ccc3ncsc3c2)cc1. The van der Waals surface area contributed by atoms with Gasteiger partial charge in [0, 0.05) is 6.42 Å². The van der Waals surface area contributed by atoms with Gasteiger partial charge in [-0.05, 0) is 41.8 Å². The van der Waals surface area contributed by atoms with Gasteiger partial charge >= 0.3 is 5.97 Å². The van der Waals surface area contributed by atoms with Crippen LogP contribution < -0.4 is 4.74 Å². The molecule has 4 nitrogen and oxygen atoms in total. The molecular weight excluding hydrogens is 298 g/mol. The average Bonchev–Trinajstić information content (AvgIpc) is 2.99. The molecule has 3 aromatic rings. The van der Waals surface area contributed by atoms with Crippen molar-refractivity contribution in [2.75, 3.05) is 0 Å². The number of carboxylic acid groups (broad SMARTS) is 1. The Labute approximate surface area is 132 Å². The number of benzene rings is 2. The normalized spacial score (nSPS) is 10.7. The molecule has 0 radical (unpaired) electrons. The van der Waals surface area contributed by atoms with E-state index in [1.54, 1.807) is 11.3 Å². The summed E-state index contributed by atoms with van der Waals surface area (Å²) in [7, 11) is 0. The highest BCUT2D eigenvalue weighted by Gasteiger charge is 2.02. The third-order valence-electron chi connectivity index (χ3n) is 3.35. The largest absolute Gasteiger partial charge is 0.489 e. The summed E-state index contributed by atoms with van der Waals surface area (Å²) in [6, 6.07) is 13.7. The molecule has 0 saturated carbocycles. The maximum atomic E-state index is 10.5. The molecule has 112 valence electrons. The molecule has 0 spiro atoms. The van der Waals surface area contributed by atoms with E-state index in [1.165, 1.54) is 0 Å². The Bertz CT molecular complexity index is 780. The lowest BCUT2D eigenvalue weighted by Crippen LogP contribution is -1.98. The average molecular weight is 313 g/mol. The number of aromatic nitrogens is 1. The van der Waals surface area contributed by atoms with Gasteiger partial charge in [0.15, 0.2) is 0 Å². The summed E-state index contributed by atoms with van der Waals surface area (Å²) in [4.78, 5) is 14.8. The molecule has 22 heavy (non-hydrogen) atoms. The predicted molar refractivity (Wildman–Crippen MR) is 86.4 cm³/mol. The van der Waals surface area contributed by atoms with Crippen molar-refractivity contribution in [1.29, 1.82) is 0 Å². The highest BCUT2D eigenvalue weighted by Crippen LogP contribution is 2.20. The van der Waals surface area contributed by atoms with E-state index >= 15 is 0 Å². The summed E-state index contributed by atoms with van der Waals surface area (Å²) < 4.78 is 6.92. The smallest absolute Gasteiger partial charge is 0.303 e. The fraction of sp³-hybridized carbons (Fsp3) is 0.176. The number of thiazole rings is 1. The summed E-state index contributed by atoms with van der Waals surface area (Å²) in [5, 5.41) is 8.67. The zero-order valence-electron chi connectivity index (χ0n) is 11.9. The van der Waals surface area contributed by atoms with Crippen LogP contribution in [0.5, 0.6) is 5.75 Å². The number of rotatable bonds is 6. The second-order valence-corrected chi connectivity index (χ2v) is 5.87. The first-order valence-corrected chi connectivity index (χ1v) is 7.84. The Kier molecular flexibility index (Phi) is 4.34. The minimum atomic E-state index is -0.779. The first kappa shape index (κ1) is 14.5. The number of ether oxygens (including phenoxy) is 1. The quantitative estimate of drug-likeness (QED) is 0.750. The lowest BCUT2D eigenvalue weighted by Gasteiger charge is -2.07. The van der Waals surface area contributed by atoms with Crippen molar-refractivity contribution >= 4 is 27.5 Å². The number of fused-ring (bicyclic) bond motifs is 1. The second kappa shape index (κ2) is 6.58. The van der Waals surface area contributed by atoms with Crippen molar-refractivity contribution in [2.24, 2.45) is 0 Å². The van der Waals surface area contributed by atoms with E-state index in [-0.39, 0.29) is 6.42 Å². The maximum Gasteiger partial charge on any atom is 0.303 e. The molecule has 2 aromatic carbocycles. The monoisotopic (exact) mass is 313 g/mol. The van der Waals surface area contributed by atoms with Gasteiger partial charge in [0.2, 0.25) is 0 Å². The summed E-state index contributed by atoms with van der Waals surface area (Å²) in [6.07, 6.45) is 0.687. The Morgan fingerprint density at radius 1 is 1.14 bits per heavy atom. The molecule has 0 unspecified atom stereocenters. The number of hydrogen-bond donors (Lipinski definition) is 1. The van der Waals surface area contributed by atoms with E-state index in [2.05, 4.69) is 11.1 Å². The second-order valence-electron chi connectivity index (χ2n) is 4.98. The van der Waals surface area contributed by atoms with E-state index in [0.29, 0.717) is 13.0 Å². The van der Waals surface area contributed by atoms with Crippen LogP contribution in [0.2, 0.25) is 0 Å². The molecule has 0 aliphatic heterocycles. The molecule has 0 fully saturated rings. The van der Waals surface area contributed by atoms with E-state index in [0.717, 1.165) is 27.1 Å². The number of aliphatic carboxylic acids is 1. The van der Waals surface area contributed by atoms with Gasteiger partial charge < -0.3 is 9.84 Å². The molecule has 1 heterocycles.